The molecule has 5 aliphatic rings. The van der Waals surface area contributed by atoms with Crippen LogP contribution in [-0.2, 0) is 19.2 Å². The average Bonchev–Trinajstić information content (AvgIpc) is 2.78. The molecule has 0 aromatic carbocycles. The van der Waals surface area contributed by atoms with Crippen LogP contribution in [0.1, 0.15) is 66.2 Å². The predicted molar refractivity (Wildman–Crippen MR) is 87.7 cm³/mol. The summed E-state index contributed by atoms with van der Waals surface area (Å²) in [7, 11) is 0. The first-order valence-electron chi connectivity index (χ1n) is 9.78. The van der Waals surface area contributed by atoms with Crippen LogP contribution in [-0.4, -0.2) is 35.0 Å². The van der Waals surface area contributed by atoms with Crippen molar-refractivity contribution in [1.82, 2.24) is 0 Å². The average molecular weight is 340 g/mol. The van der Waals surface area contributed by atoms with Gasteiger partial charge < -0.3 is 14.6 Å². The standard InChI is InChI=1S/C19H32O5/c1-5-13(20)10-16-12(3)15-7-6-11(2)14-8-9-18(4)22-17(21-16)19(14,15)24-23-18/h11-17,20H,5-10H2,1-4H3/t11-,12-,13+,14+,15+,16-,17-,18-,19-/m1/s1. The number of rotatable bonds is 3. The van der Waals surface area contributed by atoms with Gasteiger partial charge in [-0.1, -0.05) is 20.8 Å². The van der Waals surface area contributed by atoms with Gasteiger partial charge >= 0.3 is 0 Å². The minimum Gasteiger partial charge on any atom is -0.393 e. The molecule has 1 N–H and O–H groups in total. The molecule has 24 heavy (non-hydrogen) atoms. The van der Waals surface area contributed by atoms with Crippen molar-refractivity contribution in [3.8, 4) is 0 Å². The van der Waals surface area contributed by atoms with Crippen LogP contribution in [0.3, 0.4) is 0 Å². The van der Waals surface area contributed by atoms with E-state index in [1.807, 2.05) is 13.8 Å². The van der Waals surface area contributed by atoms with Crippen molar-refractivity contribution >= 4 is 0 Å². The fourth-order valence-corrected chi connectivity index (χ4v) is 5.68. The van der Waals surface area contributed by atoms with Gasteiger partial charge in [0.05, 0.1) is 12.2 Å². The van der Waals surface area contributed by atoms with Crippen LogP contribution < -0.4 is 0 Å². The highest BCUT2D eigenvalue weighted by molar-refractivity contribution is 5.09. The molecule has 1 saturated carbocycles. The lowest BCUT2D eigenvalue weighted by molar-refractivity contribution is -0.571. The SMILES string of the molecule is CC[C@H](O)C[C@H]1O[C@@H]2O[C@@]3(C)CC[C@H]4[C@H](C)CC[C@@H]([C@H]1C)[C@@]24OO3. The number of hydrogen-bond acceptors (Lipinski definition) is 5. The van der Waals surface area contributed by atoms with Crippen LogP contribution in [0, 0.1) is 23.7 Å². The first-order chi connectivity index (χ1) is 11.4. The highest BCUT2D eigenvalue weighted by Crippen LogP contribution is 2.60. The molecule has 5 rings (SSSR count). The van der Waals surface area contributed by atoms with Crippen LogP contribution in [0.2, 0.25) is 0 Å². The van der Waals surface area contributed by atoms with Crippen molar-refractivity contribution in [2.45, 2.75) is 96.1 Å². The zero-order chi connectivity index (χ0) is 17.1. The van der Waals surface area contributed by atoms with E-state index in [0.29, 0.717) is 30.1 Å². The Morgan fingerprint density at radius 3 is 2.67 bits per heavy atom. The Labute approximate surface area is 144 Å². The van der Waals surface area contributed by atoms with E-state index in [1.165, 1.54) is 6.42 Å². The van der Waals surface area contributed by atoms with Crippen LogP contribution in [0.4, 0.5) is 0 Å². The van der Waals surface area contributed by atoms with Crippen molar-refractivity contribution in [2.75, 3.05) is 0 Å². The Kier molecular flexibility index (Phi) is 4.25. The summed E-state index contributed by atoms with van der Waals surface area (Å²) in [6.45, 7) is 8.54. The molecule has 5 fully saturated rings. The van der Waals surface area contributed by atoms with Crippen molar-refractivity contribution < 1.29 is 24.4 Å². The van der Waals surface area contributed by atoms with Gasteiger partial charge in [-0.05, 0) is 56.8 Å². The van der Waals surface area contributed by atoms with Gasteiger partial charge in [0.15, 0.2) is 11.9 Å². The molecule has 4 aliphatic heterocycles. The van der Waals surface area contributed by atoms with Crippen LogP contribution >= 0.6 is 0 Å². The number of hydrogen-bond donors (Lipinski definition) is 1. The molecule has 4 saturated heterocycles. The molecule has 138 valence electrons. The third-order valence-electron chi connectivity index (χ3n) is 7.27. The fraction of sp³-hybridized carbons (Fsp3) is 1.00. The molecule has 5 heteroatoms. The van der Waals surface area contributed by atoms with Crippen molar-refractivity contribution in [1.29, 1.82) is 0 Å². The molecular formula is C19H32O5. The summed E-state index contributed by atoms with van der Waals surface area (Å²) in [5.74, 6) is 0.961. The van der Waals surface area contributed by atoms with Gasteiger partial charge in [-0.3, -0.25) is 0 Å². The van der Waals surface area contributed by atoms with Gasteiger partial charge in [-0.25, -0.2) is 9.78 Å². The molecule has 4 heterocycles. The summed E-state index contributed by atoms with van der Waals surface area (Å²) in [6.07, 6.45) is 4.96. The van der Waals surface area contributed by atoms with Gasteiger partial charge in [0.25, 0.3) is 0 Å². The predicted octanol–water partition coefficient (Wildman–Crippen LogP) is 3.40. The van der Waals surface area contributed by atoms with Crippen molar-refractivity contribution in [3.63, 3.8) is 0 Å². The van der Waals surface area contributed by atoms with Crippen molar-refractivity contribution in [2.24, 2.45) is 23.7 Å². The Morgan fingerprint density at radius 1 is 1.12 bits per heavy atom. The molecular weight excluding hydrogens is 308 g/mol. The summed E-state index contributed by atoms with van der Waals surface area (Å²) in [6, 6.07) is 0. The molecule has 9 atom stereocenters. The number of aliphatic hydroxyl groups is 1. The van der Waals surface area contributed by atoms with E-state index >= 15 is 0 Å². The summed E-state index contributed by atoms with van der Waals surface area (Å²) in [5, 5.41) is 10.2. The van der Waals surface area contributed by atoms with E-state index in [1.54, 1.807) is 0 Å². The van der Waals surface area contributed by atoms with Crippen LogP contribution in [0.5, 0.6) is 0 Å². The smallest absolute Gasteiger partial charge is 0.201 e. The first kappa shape index (κ1) is 17.2. The lowest BCUT2D eigenvalue weighted by Gasteiger charge is -2.60. The Bertz CT molecular complexity index is 484. The number of fused-ring (bicyclic) bond motifs is 2. The quantitative estimate of drug-likeness (QED) is 0.798. The monoisotopic (exact) mass is 340 g/mol. The number of ether oxygens (including phenoxy) is 2. The Morgan fingerprint density at radius 2 is 1.92 bits per heavy atom. The third-order valence-corrected chi connectivity index (χ3v) is 7.27. The molecule has 1 aliphatic carbocycles. The summed E-state index contributed by atoms with van der Waals surface area (Å²) in [4.78, 5) is 11.9. The third kappa shape index (κ3) is 2.39. The van der Waals surface area contributed by atoms with E-state index in [2.05, 4.69) is 13.8 Å². The number of aliphatic hydroxyl groups excluding tert-OH is 1. The summed E-state index contributed by atoms with van der Waals surface area (Å²) >= 11 is 0. The minimum absolute atomic E-state index is 0.0150. The molecule has 2 bridgehead atoms. The van der Waals surface area contributed by atoms with E-state index < -0.39 is 11.4 Å². The molecule has 0 aromatic heterocycles. The van der Waals surface area contributed by atoms with E-state index in [-0.39, 0.29) is 18.5 Å². The zero-order valence-corrected chi connectivity index (χ0v) is 15.4. The largest absolute Gasteiger partial charge is 0.393 e. The molecule has 1 spiro atoms. The van der Waals surface area contributed by atoms with E-state index in [0.717, 1.165) is 25.7 Å². The summed E-state index contributed by atoms with van der Waals surface area (Å²) < 4.78 is 12.8. The first-order valence-corrected chi connectivity index (χ1v) is 9.78. The normalized spacial score (nSPS) is 54.9. The minimum atomic E-state index is -0.716. The lowest BCUT2D eigenvalue weighted by Crippen LogP contribution is -2.70. The highest BCUT2D eigenvalue weighted by atomic mass is 17.3. The van der Waals surface area contributed by atoms with Gasteiger partial charge in [0, 0.05) is 12.3 Å². The molecule has 5 nitrogen and oxygen atoms in total. The van der Waals surface area contributed by atoms with Gasteiger partial charge in [-0.2, -0.15) is 0 Å². The van der Waals surface area contributed by atoms with Gasteiger partial charge in [-0.15, -0.1) is 0 Å². The topological polar surface area (TPSA) is 57.2 Å². The zero-order valence-electron chi connectivity index (χ0n) is 15.4. The highest BCUT2D eigenvalue weighted by Gasteiger charge is 2.69. The van der Waals surface area contributed by atoms with Crippen LogP contribution in [0.25, 0.3) is 0 Å². The second-order valence-electron chi connectivity index (χ2n) is 8.74. The molecule has 0 radical (unpaired) electrons. The maximum Gasteiger partial charge on any atom is 0.201 e. The molecule has 0 aromatic rings. The Balaban J connectivity index is 1.69. The van der Waals surface area contributed by atoms with Gasteiger partial charge in [0.2, 0.25) is 5.79 Å². The second kappa shape index (κ2) is 5.92. The maximum atomic E-state index is 10.2. The lowest BCUT2D eigenvalue weighted by atomic mass is 9.57. The van der Waals surface area contributed by atoms with E-state index in [9.17, 15) is 5.11 Å². The van der Waals surface area contributed by atoms with Gasteiger partial charge in [0.1, 0.15) is 0 Å². The molecule has 0 amide bonds. The van der Waals surface area contributed by atoms with E-state index in [4.69, 9.17) is 19.2 Å². The van der Waals surface area contributed by atoms with Crippen molar-refractivity contribution in [3.05, 3.63) is 0 Å². The maximum absolute atomic E-state index is 10.2. The Hall–Kier alpha value is -0.200. The van der Waals surface area contributed by atoms with Crippen LogP contribution in [0.15, 0.2) is 0 Å². The molecule has 0 unspecified atom stereocenters. The summed E-state index contributed by atoms with van der Waals surface area (Å²) in [5.41, 5.74) is -0.485. The second-order valence-corrected chi connectivity index (χ2v) is 8.74. The fourth-order valence-electron chi connectivity index (χ4n) is 5.68.